The van der Waals surface area contributed by atoms with Gasteiger partial charge < -0.3 is 9.84 Å². The normalized spacial score (nSPS) is 27.3. The van der Waals surface area contributed by atoms with Gasteiger partial charge in [0.1, 0.15) is 17.7 Å². The number of hydrogen-bond acceptors (Lipinski definition) is 2. The Balaban J connectivity index is 2.08. The molecular formula is C12H14BrFO2. The maximum absolute atomic E-state index is 13.2. The number of aliphatic hydroxyl groups excluding tert-OH is 1. The zero-order chi connectivity index (χ0) is 11.9. The third kappa shape index (κ3) is 1.96. The molecule has 2 atom stereocenters. The Bertz CT molecular complexity index is 406. The molecule has 1 aliphatic rings. The SMILES string of the molecule is CC1(C)C(O)CC1Oc1ccc(Br)c(F)c1. The van der Waals surface area contributed by atoms with Crippen molar-refractivity contribution in [3.63, 3.8) is 0 Å². The van der Waals surface area contributed by atoms with Crippen LogP contribution in [0.15, 0.2) is 22.7 Å². The first-order valence-corrected chi connectivity index (χ1v) is 6.00. The zero-order valence-electron chi connectivity index (χ0n) is 9.21. The highest BCUT2D eigenvalue weighted by Crippen LogP contribution is 2.43. The topological polar surface area (TPSA) is 29.5 Å². The van der Waals surface area contributed by atoms with E-state index in [1.807, 2.05) is 13.8 Å². The van der Waals surface area contributed by atoms with Crippen molar-refractivity contribution in [1.29, 1.82) is 0 Å². The average molecular weight is 289 g/mol. The van der Waals surface area contributed by atoms with Gasteiger partial charge in [-0.15, -0.1) is 0 Å². The standard InChI is InChI=1S/C12H14BrFO2/c1-12(2)10(15)6-11(12)16-7-3-4-8(13)9(14)5-7/h3-5,10-11,15H,6H2,1-2H3. The molecule has 2 nitrogen and oxygen atoms in total. The molecule has 0 spiro atoms. The average Bonchev–Trinajstić information content (AvgIpc) is 2.23. The highest BCUT2D eigenvalue weighted by Gasteiger charge is 2.49. The van der Waals surface area contributed by atoms with Crippen LogP contribution in [0.4, 0.5) is 4.39 Å². The van der Waals surface area contributed by atoms with E-state index in [4.69, 9.17) is 4.74 Å². The van der Waals surface area contributed by atoms with Crippen molar-refractivity contribution in [2.24, 2.45) is 5.41 Å². The second-order valence-corrected chi connectivity index (χ2v) is 5.61. The summed E-state index contributed by atoms with van der Waals surface area (Å²) in [4.78, 5) is 0. The fraction of sp³-hybridized carbons (Fsp3) is 0.500. The highest BCUT2D eigenvalue weighted by molar-refractivity contribution is 9.10. The van der Waals surface area contributed by atoms with E-state index in [0.29, 0.717) is 16.6 Å². The van der Waals surface area contributed by atoms with Crippen molar-refractivity contribution in [2.75, 3.05) is 0 Å². The lowest BCUT2D eigenvalue weighted by Gasteiger charge is -2.48. The van der Waals surface area contributed by atoms with Gasteiger partial charge in [0.2, 0.25) is 0 Å². The first-order chi connectivity index (χ1) is 7.41. The molecular weight excluding hydrogens is 275 g/mol. The molecule has 0 radical (unpaired) electrons. The van der Waals surface area contributed by atoms with E-state index in [0.717, 1.165) is 0 Å². The molecule has 1 aliphatic carbocycles. The Kier molecular flexibility index (Phi) is 2.97. The molecule has 16 heavy (non-hydrogen) atoms. The third-order valence-corrected chi connectivity index (χ3v) is 3.94. The van der Waals surface area contributed by atoms with Crippen molar-refractivity contribution in [2.45, 2.75) is 32.5 Å². The molecule has 1 N–H and O–H groups in total. The molecule has 88 valence electrons. The van der Waals surface area contributed by atoms with Crippen LogP contribution in [0.25, 0.3) is 0 Å². The van der Waals surface area contributed by atoms with E-state index in [1.165, 1.54) is 6.07 Å². The second-order valence-electron chi connectivity index (χ2n) is 4.76. The van der Waals surface area contributed by atoms with Gasteiger partial charge >= 0.3 is 0 Å². The van der Waals surface area contributed by atoms with Gasteiger partial charge in [0, 0.05) is 17.9 Å². The van der Waals surface area contributed by atoms with Gasteiger partial charge in [-0.05, 0) is 28.1 Å². The molecule has 0 heterocycles. The van der Waals surface area contributed by atoms with Crippen molar-refractivity contribution in [3.05, 3.63) is 28.5 Å². The van der Waals surface area contributed by atoms with E-state index in [9.17, 15) is 9.50 Å². The lowest BCUT2D eigenvalue weighted by molar-refractivity contribution is -0.134. The Morgan fingerprint density at radius 2 is 2.19 bits per heavy atom. The predicted molar refractivity (Wildman–Crippen MR) is 62.9 cm³/mol. The summed E-state index contributed by atoms with van der Waals surface area (Å²) in [5, 5.41) is 9.56. The van der Waals surface area contributed by atoms with Crippen LogP contribution in [0.2, 0.25) is 0 Å². The Morgan fingerprint density at radius 1 is 1.50 bits per heavy atom. The summed E-state index contributed by atoms with van der Waals surface area (Å²) in [6.07, 6.45) is 0.214. The lowest BCUT2D eigenvalue weighted by atomic mass is 9.66. The van der Waals surface area contributed by atoms with Crippen molar-refractivity contribution >= 4 is 15.9 Å². The Morgan fingerprint density at radius 3 is 2.69 bits per heavy atom. The van der Waals surface area contributed by atoms with Gasteiger partial charge in [-0.2, -0.15) is 0 Å². The summed E-state index contributed by atoms with van der Waals surface area (Å²) in [5.74, 6) is 0.167. The van der Waals surface area contributed by atoms with Crippen molar-refractivity contribution < 1.29 is 14.2 Å². The molecule has 0 aromatic heterocycles. The van der Waals surface area contributed by atoms with Crippen molar-refractivity contribution in [1.82, 2.24) is 0 Å². The quantitative estimate of drug-likeness (QED) is 0.906. The van der Waals surface area contributed by atoms with Crippen LogP contribution in [0.3, 0.4) is 0 Å². The summed E-state index contributed by atoms with van der Waals surface area (Å²) in [5.41, 5.74) is -0.260. The van der Waals surface area contributed by atoms with Crippen LogP contribution in [0.5, 0.6) is 5.75 Å². The van der Waals surface area contributed by atoms with Gasteiger partial charge in [-0.25, -0.2) is 4.39 Å². The van der Waals surface area contributed by atoms with Gasteiger partial charge in [0.05, 0.1) is 10.6 Å². The van der Waals surface area contributed by atoms with Crippen LogP contribution in [-0.2, 0) is 0 Å². The van der Waals surface area contributed by atoms with Crippen molar-refractivity contribution in [3.8, 4) is 5.75 Å². The van der Waals surface area contributed by atoms with Crippen LogP contribution >= 0.6 is 15.9 Å². The predicted octanol–water partition coefficient (Wildman–Crippen LogP) is 3.13. The Labute approximate surface area is 103 Å². The van der Waals surface area contributed by atoms with E-state index < -0.39 is 0 Å². The minimum atomic E-state index is -0.338. The second kappa shape index (κ2) is 4.00. The minimum absolute atomic E-state index is 0.0527. The first-order valence-electron chi connectivity index (χ1n) is 5.21. The fourth-order valence-electron chi connectivity index (χ4n) is 1.78. The molecule has 2 rings (SSSR count). The molecule has 0 amide bonds. The molecule has 1 aromatic rings. The third-order valence-electron chi connectivity index (χ3n) is 3.30. The molecule has 1 saturated carbocycles. The van der Waals surface area contributed by atoms with Gasteiger partial charge in [0.15, 0.2) is 0 Å². The number of ether oxygens (including phenoxy) is 1. The van der Waals surface area contributed by atoms with Crippen LogP contribution in [-0.4, -0.2) is 17.3 Å². The van der Waals surface area contributed by atoms with E-state index in [-0.39, 0.29) is 23.4 Å². The van der Waals surface area contributed by atoms with Crippen LogP contribution in [0, 0.1) is 11.2 Å². The summed E-state index contributed by atoms with van der Waals surface area (Å²) in [6.45, 7) is 3.89. The van der Waals surface area contributed by atoms with E-state index in [1.54, 1.807) is 12.1 Å². The molecule has 4 heteroatoms. The number of benzene rings is 1. The van der Waals surface area contributed by atoms with Crippen LogP contribution < -0.4 is 4.74 Å². The number of rotatable bonds is 2. The summed E-state index contributed by atoms with van der Waals surface area (Å²) < 4.78 is 19.3. The number of hydrogen-bond donors (Lipinski definition) is 1. The monoisotopic (exact) mass is 288 g/mol. The molecule has 1 fully saturated rings. The van der Waals surface area contributed by atoms with Gasteiger partial charge in [-0.3, -0.25) is 0 Å². The minimum Gasteiger partial charge on any atom is -0.490 e. The van der Waals surface area contributed by atoms with E-state index >= 15 is 0 Å². The summed E-state index contributed by atoms with van der Waals surface area (Å²) in [7, 11) is 0. The molecule has 2 unspecified atom stereocenters. The maximum Gasteiger partial charge on any atom is 0.141 e. The highest BCUT2D eigenvalue weighted by atomic mass is 79.9. The Hall–Kier alpha value is -0.610. The first kappa shape index (κ1) is 11.9. The molecule has 0 saturated heterocycles. The van der Waals surface area contributed by atoms with Gasteiger partial charge in [-0.1, -0.05) is 13.8 Å². The molecule has 0 aliphatic heterocycles. The smallest absolute Gasteiger partial charge is 0.141 e. The van der Waals surface area contributed by atoms with E-state index in [2.05, 4.69) is 15.9 Å². The maximum atomic E-state index is 13.2. The largest absolute Gasteiger partial charge is 0.490 e. The molecule has 1 aromatic carbocycles. The zero-order valence-corrected chi connectivity index (χ0v) is 10.8. The lowest BCUT2D eigenvalue weighted by Crippen LogP contribution is -2.56. The van der Waals surface area contributed by atoms with Crippen LogP contribution in [0.1, 0.15) is 20.3 Å². The summed E-state index contributed by atoms with van der Waals surface area (Å²) >= 11 is 3.09. The summed E-state index contributed by atoms with van der Waals surface area (Å²) in [6, 6.07) is 4.69. The number of aliphatic hydroxyl groups is 1. The van der Waals surface area contributed by atoms with Gasteiger partial charge in [0.25, 0.3) is 0 Å². The number of halogens is 2. The fourth-order valence-corrected chi connectivity index (χ4v) is 2.03. The molecule has 0 bridgehead atoms.